The number of halogens is 4. The van der Waals surface area contributed by atoms with Crippen molar-refractivity contribution in [1.82, 2.24) is 20.1 Å². The van der Waals surface area contributed by atoms with Gasteiger partial charge in [-0.05, 0) is 43.3 Å². The number of anilines is 1. The van der Waals surface area contributed by atoms with Gasteiger partial charge in [0, 0.05) is 17.1 Å². The van der Waals surface area contributed by atoms with E-state index in [1.54, 1.807) is 48.9 Å². The summed E-state index contributed by atoms with van der Waals surface area (Å²) < 4.78 is 1.71. The molecule has 0 aliphatic heterocycles. The molecular formula is C20H17Cl4N5O2S. The molecule has 0 saturated heterocycles. The van der Waals surface area contributed by atoms with Crippen LogP contribution in [0.25, 0.3) is 0 Å². The maximum Gasteiger partial charge on any atom is 0.253 e. The summed E-state index contributed by atoms with van der Waals surface area (Å²) in [5, 5.41) is 15.8. The van der Waals surface area contributed by atoms with E-state index < -0.39 is 6.04 Å². The number of aromatic nitrogens is 3. The van der Waals surface area contributed by atoms with E-state index in [9.17, 15) is 9.59 Å². The number of hydrogen-bond acceptors (Lipinski definition) is 5. The summed E-state index contributed by atoms with van der Waals surface area (Å²) in [4.78, 5) is 24.8. The molecule has 1 heterocycles. The molecule has 0 bridgehead atoms. The molecule has 1 atom stereocenters. The van der Waals surface area contributed by atoms with Gasteiger partial charge in [0.25, 0.3) is 5.91 Å². The van der Waals surface area contributed by atoms with E-state index in [2.05, 4.69) is 20.8 Å². The molecule has 32 heavy (non-hydrogen) atoms. The number of rotatable bonds is 7. The molecule has 3 aromatic rings. The van der Waals surface area contributed by atoms with Crippen LogP contribution in [0.15, 0.2) is 41.6 Å². The van der Waals surface area contributed by atoms with Crippen molar-refractivity contribution in [2.24, 2.45) is 7.05 Å². The Balaban J connectivity index is 1.61. The first kappa shape index (κ1) is 24.7. The molecule has 1 aromatic heterocycles. The second kappa shape index (κ2) is 10.8. The average molecular weight is 533 g/mol. The molecule has 2 N–H and O–H groups in total. The predicted molar refractivity (Wildman–Crippen MR) is 129 cm³/mol. The Morgan fingerprint density at radius 2 is 1.72 bits per heavy atom. The average Bonchev–Trinajstić information content (AvgIpc) is 3.09. The molecule has 0 saturated carbocycles. The van der Waals surface area contributed by atoms with E-state index >= 15 is 0 Å². The second-order valence-corrected chi connectivity index (χ2v) is 9.31. The van der Waals surface area contributed by atoms with Gasteiger partial charge in [-0.15, -0.1) is 10.2 Å². The molecule has 0 radical (unpaired) electrons. The van der Waals surface area contributed by atoms with E-state index in [4.69, 9.17) is 46.4 Å². The van der Waals surface area contributed by atoms with Crippen LogP contribution in [0.3, 0.4) is 0 Å². The Labute approximate surface area is 208 Å². The van der Waals surface area contributed by atoms with Crippen LogP contribution in [0.2, 0.25) is 20.1 Å². The van der Waals surface area contributed by atoms with E-state index in [1.807, 2.05) is 0 Å². The third-order valence-electron chi connectivity index (χ3n) is 4.31. The molecule has 0 aliphatic rings. The van der Waals surface area contributed by atoms with Gasteiger partial charge in [-0.2, -0.15) is 0 Å². The van der Waals surface area contributed by atoms with Crippen LogP contribution >= 0.6 is 58.2 Å². The highest BCUT2D eigenvalue weighted by Crippen LogP contribution is 2.26. The van der Waals surface area contributed by atoms with Crippen molar-refractivity contribution in [2.75, 3.05) is 11.1 Å². The molecule has 0 fully saturated rings. The first-order valence-corrected chi connectivity index (χ1v) is 11.7. The third kappa shape index (κ3) is 6.08. The van der Waals surface area contributed by atoms with E-state index in [-0.39, 0.29) is 22.6 Å². The molecule has 168 valence electrons. The number of benzene rings is 2. The molecule has 12 heteroatoms. The van der Waals surface area contributed by atoms with Gasteiger partial charge in [-0.25, -0.2) is 0 Å². The summed E-state index contributed by atoms with van der Waals surface area (Å²) in [6.07, 6.45) is 0. The maximum atomic E-state index is 12.5. The summed E-state index contributed by atoms with van der Waals surface area (Å²) in [5.41, 5.74) is 0.733. The van der Waals surface area contributed by atoms with Crippen LogP contribution in [0.5, 0.6) is 0 Å². The van der Waals surface area contributed by atoms with Crippen LogP contribution in [-0.4, -0.2) is 32.3 Å². The van der Waals surface area contributed by atoms with Crippen LogP contribution in [0, 0.1) is 0 Å². The Bertz CT molecular complexity index is 1170. The number of nitrogens with one attached hydrogen (secondary N) is 2. The van der Waals surface area contributed by atoms with Gasteiger partial charge in [0.05, 0.1) is 33.1 Å². The smallest absolute Gasteiger partial charge is 0.253 e. The number of thioether (sulfide) groups is 1. The van der Waals surface area contributed by atoms with Crippen molar-refractivity contribution in [3.63, 3.8) is 0 Å². The molecule has 2 aromatic carbocycles. The Kier molecular flexibility index (Phi) is 8.30. The lowest BCUT2D eigenvalue weighted by Gasteiger charge is -2.14. The normalized spacial score (nSPS) is 11.8. The molecule has 7 nitrogen and oxygen atoms in total. The highest BCUT2D eigenvalue weighted by molar-refractivity contribution is 7.99. The van der Waals surface area contributed by atoms with Gasteiger partial charge >= 0.3 is 0 Å². The summed E-state index contributed by atoms with van der Waals surface area (Å²) in [7, 11) is 1.75. The Morgan fingerprint density at radius 3 is 2.44 bits per heavy atom. The van der Waals surface area contributed by atoms with Crippen molar-refractivity contribution >= 4 is 75.7 Å². The molecule has 2 amide bonds. The minimum absolute atomic E-state index is 0.0793. The van der Waals surface area contributed by atoms with Gasteiger partial charge in [-0.1, -0.05) is 58.2 Å². The molecular weight excluding hydrogens is 516 g/mol. The standard InChI is InChI=1S/C20H17Cl4N5O2S/c1-10(25-19(31)13-5-3-11(21)7-15(13)24)18-27-28-20(29(18)2)32-9-17(30)26-16-8-12(22)4-6-14(16)23/h3-8,10H,9H2,1-2H3,(H,25,31)(H,26,30)/t10-/m1/s1. The minimum Gasteiger partial charge on any atom is -0.342 e. The van der Waals surface area contributed by atoms with E-state index in [0.29, 0.717) is 37.3 Å². The van der Waals surface area contributed by atoms with Gasteiger partial charge in [0.15, 0.2) is 11.0 Å². The molecule has 3 rings (SSSR count). The number of carbonyl (C=O) groups excluding carboxylic acids is 2. The largest absolute Gasteiger partial charge is 0.342 e. The maximum absolute atomic E-state index is 12.5. The van der Waals surface area contributed by atoms with Crippen molar-refractivity contribution in [2.45, 2.75) is 18.1 Å². The fourth-order valence-electron chi connectivity index (χ4n) is 2.75. The Hall–Kier alpha value is -1.97. The predicted octanol–water partition coefficient (Wildman–Crippen LogP) is 5.65. The van der Waals surface area contributed by atoms with Crippen LogP contribution in [-0.2, 0) is 11.8 Å². The lowest BCUT2D eigenvalue weighted by atomic mass is 10.2. The van der Waals surface area contributed by atoms with Crippen molar-refractivity contribution < 1.29 is 9.59 Å². The van der Waals surface area contributed by atoms with Gasteiger partial charge in [0.1, 0.15) is 0 Å². The second-order valence-electron chi connectivity index (χ2n) is 6.68. The zero-order chi connectivity index (χ0) is 23.4. The SMILES string of the molecule is C[C@@H](NC(=O)c1ccc(Cl)cc1Cl)c1nnc(SCC(=O)Nc2cc(Cl)ccc2Cl)n1C. The monoisotopic (exact) mass is 531 g/mol. The lowest BCUT2D eigenvalue weighted by Crippen LogP contribution is -2.28. The first-order chi connectivity index (χ1) is 15.2. The van der Waals surface area contributed by atoms with Crippen molar-refractivity contribution in [1.29, 1.82) is 0 Å². The van der Waals surface area contributed by atoms with Gasteiger partial charge in [0.2, 0.25) is 5.91 Å². The third-order valence-corrected chi connectivity index (χ3v) is 6.45. The summed E-state index contributed by atoms with van der Waals surface area (Å²) in [5.74, 6) is -0.0449. The lowest BCUT2D eigenvalue weighted by molar-refractivity contribution is -0.113. The number of nitrogens with zero attached hydrogens (tertiary/aromatic N) is 3. The summed E-state index contributed by atoms with van der Waals surface area (Å²) in [6, 6.07) is 9.00. The fourth-order valence-corrected chi connectivity index (χ4v) is 4.30. The zero-order valence-electron chi connectivity index (χ0n) is 16.8. The minimum atomic E-state index is -0.458. The van der Waals surface area contributed by atoms with Crippen molar-refractivity contribution in [3.8, 4) is 0 Å². The Morgan fingerprint density at radius 1 is 1.03 bits per heavy atom. The van der Waals surface area contributed by atoms with Crippen LogP contribution < -0.4 is 10.6 Å². The number of carbonyl (C=O) groups is 2. The fraction of sp³-hybridized carbons (Fsp3) is 0.200. The van der Waals surface area contributed by atoms with E-state index in [1.165, 1.54) is 17.8 Å². The topological polar surface area (TPSA) is 88.9 Å². The molecule has 0 unspecified atom stereocenters. The van der Waals surface area contributed by atoms with Gasteiger partial charge in [-0.3, -0.25) is 9.59 Å². The van der Waals surface area contributed by atoms with Crippen molar-refractivity contribution in [3.05, 3.63) is 67.9 Å². The highest BCUT2D eigenvalue weighted by atomic mass is 35.5. The summed E-state index contributed by atoms with van der Waals surface area (Å²) >= 11 is 25.2. The van der Waals surface area contributed by atoms with Crippen LogP contribution in [0.1, 0.15) is 29.1 Å². The number of hydrogen-bond donors (Lipinski definition) is 2. The zero-order valence-corrected chi connectivity index (χ0v) is 20.7. The molecule has 0 spiro atoms. The highest BCUT2D eigenvalue weighted by Gasteiger charge is 2.20. The first-order valence-electron chi connectivity index (χ1n) is 9.18. The quantitative estimate of drug-likeness (QED) is 0.384. The van der Waals surface area contributed by atoms with E-state index in [0.717, 1.165) is 0 Å². The number of amides is 2. The van der Waals surface area contributed by atoms with Crippen LogP contribution in [0.4, 0.5) is 5.69 Å². The van der Waals surface area contributed by atoms with Gasteiger partial charge < -0.3 is 15.2 Å². The molecule has 0 aliphatic carbocycles. The summed E-state index contributed by atoms with van der Waals surface area (Å²) in [6.45, 7) is 1.77.